The molecule has 0 atom stereocenters. The van der Waals surface area contributed by atoms with E-state index in [1.165, 1.54) is 13.3 Å². The largest absolute Gasteiger partial charge is 0.497 e. The smallest absolute Gasteiger partial charge is 0.335 e. The third kappa shape index (κ3) is 4.61. The molecule has 1 aliphatic rings. The van der Waals surface area contributed by atoms with Gasteiger partial charge in [-0.2, -0.15) is 0 Å². The predicted molar refractivity (Wildman–Crippen MR) is 111 cm³/mol. The number of carbonyl (C=O) groups is 1. The number of aromatic nitrogens is 2. The molecule has 9 heteroatoms. The van der Waals surface area contributed by atoms with Gasteiger partial charge < -0.3 is 14.9 Å². The Balaban J connectivity index is 1.92. The zero-order valence-corrected chi connectivity index (χ0v) is 16.8. The lowest BCUT2D eigenvalue weighted by atomic mass is 9.72. The number of hydrogen-bond donors (Lipinski definition) is 3. The summed E-state index contributed by atoms with van der Waals surface area (Å²) in [5.41, 5.74) is -1.81. The van der Waals surface area contributed by atoms with Crippen molar-refractivity contribution in [2.75, 3.05) is 13.7 Å². The lowest BCUT2D eigenvalue weighted by molar-refractivity contribution is -0.140. The van der Waals surface area contributed by atoms with E-state index < -0.39 is 28.5 Å². The summed E-state index contributed by atoms with van der Waals surface area (Å²) in [4.78, 5) is 42.3. The van der Waals surface area contributed by atoms with Crippen molar-refractivity contribution in [2.24, 2.45) is 10.4 Å². The number of aliphatic imine (C=N–C) groups is 1. The molecule has 160 valence electrons. The zero-order chi connectivity index (χ0) is 21.7. The second-order valence-corrected chi connectivity index (χ2v) is 7.63. The van der Waals surface area contributed by atoms with E-state index in [1.807, 2.05) is 0 Å². The van der Waals surface area contributed by atoms with Crippen LogP contribution in [0.2, 0.25) is 0 Å². The molecular formula is C21H25N3O6. The van der Waals surface area contributed by atoms with Crippen molar-refractivity contribution in [2.45, 2.75) is 38.5 Å². The summed E-state index contributed by atoms with van der Waals surface area (Å²) in [7, 11) is 1.51. The summed E-state index contributed by atoms with van der Waals surface area (Å²) in [6.45, 7) is 0.236. The fraction of sp³-hybridized carbons (Fsp3) is 0.429. The minimum atomic E-state index is -0.874. The normalized spacial score (nSPS) is 15.9. The standard InChI is InChI=1S/C21H25N3O6/c1-30-15-7-5-14(6-8-15)24-19(28)16(18(27)23-20(24)29)12-22-13-21(11-17(25)26)9-3-2-4-10-21/h5-8,12,28H,2-4,9-11,13H2,1H3,(H,25,26)(H,23,27,29). The number of nitrogens with one attached hydrogen (secondary N) is 1. The van der Waals surface area contributed by atoms with Gasteiger partial charge in [0.1, 0.15) is 11.3 Å². The van der Waals surface area contributed by atoms with Crippen molar-refractivity contribution in [3.63, 3.8) is 0 Å². The molecule has 0 spiro atoms. The van der Waals surface area contributed by atoms with Crippen LogP contribution < -0.4 is 16.0 Å². The second-order valence-electron chi connectivity index (χ2n) is 7.63. The van der Waals surface area contributed by atoms with Gasteiger partial charge in [-0.1, -0.05) is 19.3 Å². The highest BCUT2D eigenvalue weighted by Gasteiger charge is 2.34. The van der Waals surface area contributed by atoms with Gasteiger partial charge in [-0.25, -0.2) is 9.36 Å². The molecule has 1 saturated carbocycles. The van der Waals surface area contributed by atoms with E-state index in [1.54, 1.807) is 24.3 Å². The first kappa shape index (κ1) is 21.4. The Morgan fingerprint density at radius 3 is 2.50 bits per heavy atom. The Morgan fingerprint density at radius 2 is 1.90 bits per heavy atom. The molecule has 0 amide bonds. The van der Waals surface area contributed by atoms with Gasteiger partial charge in [0, 0.05) is 18.2 Å². The molecule has 3 rings (SSSR count). The third-order valence-electron chi connectivity index (χ3n) is 5.54. The lowest BCUT2D eigenvalue weighted by Gasteiger charge is -2.34. The number of nitrogens with zero attached hydrogens (tertiary/aromatic N) is 2. The number of ether oxygens (including phenoxy) is 1. The molecule has 30 heavy (non-hydrogen) atoms. The van der Waals surface area contributed by atoms with Gasteiger partial charge in [0.15, 0.2) is 0 Å². The van der Waals surface area contributed by atoms with E-state index in [-0.39, 0.29) is 18.5 Å². The topological polar surface area (TPSA) is 134 Å². The number of carboxylic acid groups (broad SMARTS) is 1. The van der Waals surface area contributed by atoms with E-state index in [2.05, 4.69) is 9.98 Å². The Morgan fingerprint density at radius 1 is 1.23 bits per heavy atom. The first-order chi connectivity index (χ1) is 14.3. The van der Waals surface area contributed by atoms with Crippen LogP contribution in [0.5, 0.6) is 11.6 Å². The van der Waals surface area contributed by atoms with Crippen LogP contribution in [-0.2, 0) is 4.79 Å². The van der Waals surface area contributed by atoms with Crippen molar-refractivity contribution in [1.29, 1.82) is 0 Å². The van der Waals surface area contributed by atoms with Crippen molar-refractivity contribution >= 4 is 12.2 Å². The van der Waals surface area contributed by atoms with Crippen LogP contribution in [0.4, 0.5) is 0 Å². The number of aromatic hydroxyl groups is 1. The Kier molecular flexibility index (Phi) is 6.39. The summed E-state index contributed by atoms with van der Waals surface area (Å²) in [6.07, 6.45) is 5.69. The molecule has 0 saturated heterocycles. The Hall–Kier alpha value is -3.36. The second kappa shape index (κ2) is 8.98. The van der Waals surface area contributed by atoms with Crippen molar-refractivity contribution in [3.8, 4) is 17.3 Å². The van der Waals surface area contributed by atoms with Gasteiger partial charge in [0.2, 0.25) is 5.88 Å². The predicted octanol–water partition coefficient (Wildman–Crippen LogP) is 2.08. The fourth-order valence-corrected chi connectivity index (χ4v) is 3.97. The lowest BCUT2D eigenvalue weighted by Crippen LogP contribution is -2.32. The Labute approximate surface area is 172 Å². The van der Waals surface area contributed by atoms with Crippen LogP contribution in [0.3, 0.4) is 0 Å². The van der Waals surface area contributed by atoms with Crippen LogP contribution >= 0.6 is 0 Å². The molecule has 0 unspecified atom stereocenters. The molecule has 0 bridgehead atoms. The summed E-state index contributed by atoms with van der Waals surface area (Å²) in [6, 6.07) is 6.39. The number of rotatable bonds is 7. The number of hydrogen-bond acceptors (Lipinski definition) is 6. The molecule has 9 nitrogen and oxygen atoms in total. The highest BCUT2D eigenvalue weighted by atomic mass is 16.5. The Bertz CT molecular complexity index is 1050. The van der Waals surface area contributed by atoms with Gasteiger partial charge in [-0.15, -0.1) is 0 Å². The van der Waals surface area contributed by atoms with E-state index >= 15 is 0 Å². The molecular weight excluding hydrogens is 390 g/mol. The van der Waals surface area contributed by atoms with Crippen molar-refractivity contribution < 1.29 is 19.7 Å². The van der Waals surface area contributed by atoms with E-state index in [4.69, 9.17) is 4.74 Å². The first-order valence-corrected chi connectivity index (χ1v) is 9.80. The summed E-state index contributed by atoms with van der Waals surface area (Å²) < 4.78 is 6.05. The van der Waals surface area contributed by atoms with Crippen LogP contribution in [0.15, 0.2) is 38.8 Å². The van der Waals surface area contributed by atoms with Crippen molar-refractivity contribution in [3.05, 3.63) is 50.7 Å². The average Bonchev–Trinajstić information content (AvgIpc) is 2.71. The highest BCUT2D eigenvalue weighted by Crippen LogP contribution is 2.39. The highest BCUT2D eigenvalue weighted by molar-refractivity contribution is 5.82. The quantitative estimate of drug-likeness (QED) is 0.593. The van der Waals surface area contributed by atoms with Crippen LogP contribution in [-0.4, -0.2) is 45.6 Å². The van der Waals surface area contributed by atoms with E-state index in [9.17, 15) is 24.6 Å². The molecule has 3 N–H and O–H groups in total. The molecule has 1 aromatic carbocycles. The first-order valence-electron chi connectivity index (χ1n) is 9.80. The van der Waals surface area contributed by atoms with Gasteiger partial charge in [0.05, 0.1) is 19.2 Å². The number of carboxylic acids is 1. The number of H-pyrrole nitrogens is 1. The van der Waals surface area contributed by atoms with Gasteiger partial charge in [-0.3, -0.25) is 19.6 Å². The summed E-state index contributed by atoms with van der Waals surface area (Å²) in [5.74, 6) is -0.830. The molecule has 0 radical (unpaired) electrons. The minimum Gasteiger partial charge on any atom is -0.497 e. The van der Waals surface area contributed by atoms with Gasteiger partial charge in [0.25, 0.3) is 5.56 Å². The van der Waals surface area contributed by atoms with Crippen molar-refractivity contribution in [1.82, 2.24) is 9.55 Å². The molecule has 1 heterocycles. The monoisotopic (exact) mass is 415 g/mol. The number of methoxy groups -OCH3 is 1. The fourth-order valence-electron chi connectivity index (χ4n) is 3.97. The van der Waals surface area contributed by atoms with Crippen LogP contribution in [0.1, 0.15) is 44.1 Å². The maximum absolute atomic E-state index is 12.3. The molecule has 1 fully saturated rings. The maximum atomic E-state index is 12.3. The average molecular weight is 415 g/mol. The van der Waals surface area contributed by atoms with Crippen LogP contribution in [0, 0.1) is 5.41 Å². The zero-order valence-electron chi connectivity index (χ0n) is 16.8. The molecule has 1 aliphatic carbocycles. The molecule has 0 aliphatic heterocycles. The van der Waals surface area contributed by atoms with Gasteiger partial charge >= 0.3 is 11.7 Å². The van der Waals surface area contributed by atoms with E-state index in [0.29, 0.717) is 11.4 Å². The molecule has 1 aromatic heterocycles. The SMILES string of the molecule is COc1ccc(-n2c(O)c(C=NCC3(CC(=O)O)CCCCC3)c(=O)[nH]c2=O)cc1. The maximum Gasteiger partial charge on any atom is 0.335 e. The van der Waals surface area contributed by atoms with E-state index in [0.717, 1.165) is 36.7 Å². The number of aromatic amines is 1. The number of benzene rings is 1. The number of aliphatic carboxylic acids is 1. The van der Waals surface area contributed by atoms with Crippen LogP contribution in [0.25, 0.3) is 5.69 Å². The van der Waals surface area contributed by atoms with Gasteiger partial charge in [-0.05, 0) is 37.1 Å². The summed E-state index contributed by atoms with van der Waals surface area (Å²) in [5, 5.41) is 19.9. The third-order valence-corrected chi connectivity index (χ3v) is 5.54. The minimum absolute atomic E-state index is 0.0119. The molecule has 2 aromatic rings. The summed E-state index contributed by atoms with van der Waals surface area (Å²) >= 11 is 0.